The monoisotopic (exact) mass is 280 g/mol. The summed E-state index contributed by atoms with van der Waals surface area (Å²) in [5.74, 6) is 1.24. The Labute approximate surface area is 121 Å². The van der Waals surface area contributed by atoms with Gasteiger partial charge in [0, 0.05) is 18.0 Å². The third-order valence-corrected chi connectivity index (χ3v) is 6.17. The second-order valence-corrected chi connectivity index (χ2v) is 7.37. The Morgan fingerprint density at radius 3 is 2.50 bits per heavy atom. The van der Waals surface area contributed by atoms with Crippen molar-refractivity contribution in [3.63, 3.8) is 0 Å². The van der Waals surface area contributed by atoms with Gasteiger partial charge in [-0.15, -0.1) is 0 Å². The number of aliphatic hydroxyl groups excluding tert-OH is 1. The minimum Gasteiger partial charge on any atom is -0.396 e. The fourth-order valence-corrected chi connectivity index (χ4v) is 4.81. The lowest BCUT2D eigenvalue weighted by Gasteiger charge is -2.36. The maximum absolute atomic E-state index is 12.5. The van der Waals surface area contributed by atoms with Gasteiger partial charge in [0.05, 0.1) is 12.5 Å². The number of nitrogens with one attached hydrogen (secondary N) is 1. The number of carbonyl (C=O) groups is 1. The van der Waals surface area contributed by atoms with E-state index in [1.165, 1.54) is 32.1 Å². The molecule has 4 heteroatoms. The molecule has 3 fully saturated rings. The number of aliphatic hydroxyl groups is 1. The Balaban J connectivity index is 1.56. The first-order chi connectivity index (χ1) is 9.65. The Kier molecular flexibility index (Phi) is 4.04. The smallest absolute Gasteiger partial charge is 0.224 e. The lowest BCUT2D eigenvalue weighted by molar-refractivity contribution is -0.127. The van der Waals surface area contributed by atoms with Crippen molar-refractivity contribution >= 4 is 5.91 Å². The fraction of sp³-hybridized carbons (Fsp3) is 0.938. The first-order valence-electron chi connectivity index (χ1n) is 8.29. The third-order valence-electron chi connectivity index (χ3n) is 6.17. The maximum atomic E-state index is 12.5. The molecule has 3 rings (SSSR count). The SMILES string of the molecule is NC1C2CCC(C2)C1C(=O)NCC1(CO)CCCCC1. The molecule has 3 aliphatic carbocycles. The molecule has 1 amide bonds. The van der Waals surface area contributed by atoms with Crippen molar-refractivity contribution in [3.05, 3.63) is 0 Å². The van der Waals surface area contributed by atoms with Gasteiger partial charge in [-0.05, 0) is 43.9 Å². The van der Waals surface area contributed by atoms with Gasteiger partial charge in [-0.3, -0.25) is 4.79 Å². The molecule has 114 valence electrons. The molecule has 4 N–H and O–H groups in total. The number of fused-ring (bicyclic) bond motifs is 2. The van der Waals surface area contributed by atoms with Gasteiger partial charge in [0.1, 0.15) is 0 Å². The molecule has 4 atom stereocenters. The van der Waals surface area contributed by atoms with E-state index in [0.717, 1.165) is 19.3 Å². The summed E-state index contributed by atoms with van der Waals surface area (Å²) in [4.78, 5) is 12.5. The van der Waals surface area contributed by atoms with Crippen molar-refractivity contribution in [3.8, 4) is 0 Å². The van der Waals surface area contributed by atoms with Crippen molar-refractivity contribution < 1.29 is 9.90 Å². The van der Waals surface area contributed by atoms with E-state index in [1.807, 2.05) is 0 Å². The molecule has 4 nitrogen and oxygen atoms in total. The maximum Gasteiger partial charge on any atom is 0.224 e. The van der Waals surface area contributed by atoms with Gasteiger partial charge in [-0.2, -0.15) is 0 Å². The van der Waals surface area contributed by atoms with Crippen LogP contribution in [0.15, 0.2) is 0 Å². The minimum atomic E-state index is -0.0738. The summed E-state index contributed by atoms with van der Waals surface area (Å²) >= 11 is 0. The molecular formula is C16H28N2O2. The van der Waals surface area contributed by atoms with E-state index in [0.29, 0.717) is 18.4 Å². The highest BCUT2D eigenvalue weighted by Crippen LogP contribution is 2.47. The first kappa shape index (κ1) is 14.3. The summed E-state index contributed by atoms with van der Waals surface area (Å²) in [6, 6.07) is 0.0604. The molecule has 0 saturated heterocycles. The molecule has 3 saturated carbocycles. The van der Waals surface area contributed by atoms with Crippen LogP contribution in [0.3, 0.4) is 0 Å². The lowest BCUT2D eigenvalue weighted by atomic mass is 9.74. The number of hydrogen-bond donors (Lipinski definition) is 3. The fourth-order valence-electron chi connectivity index (χ4n) is 4.81. The Bertz CT molecular complexity index is 363. The van der Waals surface area contributed by atoms with Gasteiger partial charge < -0.3 is 16.2 Å². The third kappa shape index (κ3) is 2.48. The average molecular weight is 280 g/mol. The molecule has 0 heterocycles. The molecule has 0 aromatic carbocycles. The van der Waals surface area contributed by atoms with Crippen LogP contribution < -0.4 is 11.1 Å². The van der Waals surface area contributed by atoms with E-state index in [2.05, 4.69) is 5.32 Å². The van der Waals surface area contributed by atoms with Crippen molar-refractivity contribution in [2.24, 2.45) is 28.9 Å². The van der Waals surface area contributed by atoms with Crippen LogP contribution in [0.1, 0.15) is 51.4 Å². The van der Waals surface area contributed by atoms with Gasteiger partial charge in [-0.25, -0.2) is 0 Å². The summed E-state index contributed by atoms with van der Waals surface area (Å²) in [6.07, 6.45) is 9.18. The number of nitrogens with two attached hydrogens (primary N) is 1. The van der Waals surface area contributed by atoms with Gasteiger partial charge in [0.15, 0.2) is 0 Å². The second-order valence-electron chi connectivity index (χ2n) is 7.37. The van der Waals surface area contributed by atoms with Gasteiger partial charge in [0.2, 0.25) is 5.91 Å². The molecule has 0 aromatic heterocycles. The van der Waals surface area contributed by atoms with Crippen LogP contribution in [-0.2, 0) is 4.79 Å². The van der Waals surface area contributed by atoms with E-state index in [9.17, 15) is 9.90 Å². The van der Waals surface area contributed by atoms with Crippen LogP contribution in [0.2, 0.25) is 0 Å². The Morgan fingerprint density at radius 1 is 1.20 bits per heavy atom. The van der Waals surface area contributed by atoms with Gasteiger partial charge in [-0.1, -0.05) is 19.3 Å². The standard InChI is InChI=1S/C16H28N2O2/c17-14-12-5-4-11(8-12)13(14)15(20)18-9-16(10-19)6-2-1-3-7-16/h11-14,19H,1-10,17H2,(H,18,20). The van der Waals surface area contributed by atoms with Crippen LogP contribution in [0.25, 0.3) is 0 Å². The summed E-state index contributed by atoms with van der Waals surface area (Å²) < 4.78 is 0. The molecule has 0 aliphatic heterocycles. The number of hydrogen-bond acceptors (Lipinski definition) is 3. The topological polar surface area (TPSA) is 75.4 Å². The summed E-state index contributed by atoms with van der Waals surface area (Å²) in [7, 11) is 0. The zero-order valence-electron chi connectivity index (χ0n) is 12.3. The largest absolute Gasteiger partial charge is 0.396 e. The van der Waals surface area contributed by atoms with E-state index < -0.39 is 0 Å². The van der Waals surface area contributed by atoms with Crippen molar-refractivity contribution in [1.82, 2.24) is 5.32 Å². The van der Waals surface area contributed by atoms with E-state index in [-0.39, 0.29) is 29.9 Å². The normalized spacial score (nSPS) is 38.9. The highest BCUT2D eigenvalue weighted by molar-refractivity contribution is 5.80. The minimum absolute atomic E-state index is 0.0214. The predicted molar refractivity (Wildman–Crippen MR) is 77.9 cm³/mol. The van der Waals surface area contributed by atoms with Crippen molar-refractivity contribution in [2.45, 2.75) is 57.4 Å². The average Bonchev–Trinajstić information content (AvgIpc) is 3.07. The van der Waals surface area contributed by atoms with Crippen LogP contribution in [0, 0.1) is 23.2 Å². The quantitative estimate of drug-likeness (QED) is 0.729. The zero-order chi connectivity index (χ0) is 14.2. The van der Waals surface area contributed by atoms with Crippen LogP contribution in [0.5, 0.6) is 0 Å². The predicted octanol–water partition coefficient (Wildman–Crippen LogP) is 1.42. The van der Waals surface area contributed by atoms with E-state index in [4.69, 9.17) is 5.73 Å². The molecule has 3 aliphatic rings. The zero-order valence-corrected chi connectivity index (χ0v) is 12.3. The highest BCUT2D eigenvalue weighted by atomic mass is 16.3. The first-order valence-corrected chi connectivity index (χ1v) is 8.29. The van der Waals surface area contributed by atoms with Crippen molar-refractivity contribution in [2.75, 3.05) is 13.2 Å². The lowest BCUT2D eigenvalue weighted by Crippen LogP contribution is -2.49. The molecule has 0 radical (unpaired) electrons. The molecule has 20 heavy (non-hydrogen) atoms. The van der Waals surface area contributed by atoms with Gasteiger partial charge >= 0.3 is 0 Å². The van der Waals surface area contributed by atoms with Crippen LogP contribution in [0.4, 0.5) is 0 Å². The van der Waals surface area contributed by atoms with Crippen molar-refractivity contribution in [1.29, 1.82) is 0 Å². The van der Waals surface area contributed by atoms with Crippen LogP contribution in [-0.4, -0.2) is 30.2 Å². The summed E-state index contributed by atoms with van der Waals surface area (Å²) in [6.45, 7) is 0.818. The van der Waals surface area contributed by atoms with E-state index in [1.54, 1.807) is 0 Å². The molecule has 2 bridgehead atoms. The van der Waals surface area contributed by atoms with Gasteiger partial charge in [0.25, 0.3) is 0 Å². The molecular weight excluding hydrogens is 252 g/mol. The highest BCUT2D eigenvalue weighted by Gasteiger charge is 2.49. The molecule has 0 spiro atoms. The molecule has 4 unspecified atom stereocenters. The number of carbonyl (C=O) groups excluding carboxylic acids is 1. The van der Waals surface area contributed by atoms with E-state index >= 15 is 0 Å². The number of rotatable bonds is 4. The molecule has 0 aromatic rings. The van der Waals surface area contributed by atoms with Crippen LogP contribution >= 0.6 is 0 Å². The Morgan fingerprint density at radius 2 is 1.90 bits per heavy atom. The second kappa shape index (κ2) is 5.64. The summed E-state index contributed by atoms with van der Waals surface area (Å²) in [5.41, 5.74) is 6.16. The Hall–Kier alpha value is -0.610. The number of amides is 1. The summed E-state index contributed by atoms with van der Waals surface area (Å²) in [5, 5.41) is 12.8.